The minimum absolute atomic E-state index is 0.235. The molecule has 3 nitrogen and oxygen atoms in total. The summed E-state index contributed by atoms with van der Waals surface area (Å²) in [5.74, 6) is 1.01. The number of hydrogen-bond donors (Lipinski definition) is 1. The Hall–Kier alpha value is -1.06. The van der Waals surface area contributed by atoms with E-state index in [9.17, 15) is 0 Å². The van der Waals surface area contributed by atoms with Gasteiger partial charge in [0.05, 0.1) is 12.6 Å². The lowest BCUT2D eigenvalue weighted by molar-refractivity contribution is 0.136. The molecule has 1 aromatic rings. The number of hydrogen-bond acceptors (Lipinski definition) is 3. The summed E-state index contributed by atoms with van der Waals surface area (Å²) in [6.07, 6.45) is 0. The molecule has 18 heavy (non-hydrogen) atoms. The molecule has 0 radical (unpaired) electrons. The van der Waals surface area contributed by atoms with Crippen LogP contribution in [0.1, 0.15) is 23.6 Å². The molecule has 0 aliphatic carbocycles. The highest BCUT2D eigenvalue weighted by Gasteiger charge is 2.11. The van der Waals surface area contributed by atoms with Gasteiger partial charge in [-0.3, -0.25) is 0 Å². The molecule has 0 aromatic heterocycles. The molecule has 0 saturated carbocycles. The Morgan fingerprint density at radius 1 is 1.11 bits per heavy atom. The predicted octanol–water partition coefficient (Wildman–Crippen LogP) is 2.62. The normalized spacial score (nSPS) is 12.5. The summed E-state index contributed by atoms with van der Waals surface area (Å²) in [7, 11) is 1.72. The fourth-order valence-corrected chi connectivity index (χ4v) is 1.99. The van der Waals surface area contributed by atoms with Gasteiger partial charge in [0, 0.05) is 7.11 Å². The minimum atomic E-state index is 0.235. The Balaban J connectivity index is 2.69. The molecule has 1 atom stereocenters. The van der Waals surface area contributed by atoms with E-state index >= 15 is 0 Å². The van der Waals surface area contributed by atoms with Gasteiger partial charge in [-0.05, 0) is 44.0 Å². The third-order valence-electron chi connectivity index (χ3n) is 3.16. The number of rotatable bonds is 7. The van der Waals surface area contributed by atoms with Crippen LogP contribution >= 0.6 is 0 Å². The SMILES string of the molecule is CCNC(COC)COc1c(C)ccc(C)c1C. The van der Waals surface area contributed by atoms with Crippen molar-refractivity contribution in [1.29, 1.82) is 0 Å². The maximum Gasteiger partial charge on any atom is 0.125 e. The van der Waals surface area contributed by atoms with Crippen LogP contribution in [0.2, 0.25) is 0 Å². The quantitative estimate of drug-likeness (QED) is 0.808. The molecule has 1 aromatic carbocycles. The largest absolute Gasteiger partial charge is 0.491 e. The van der Waals surface area contributed by atoms with Crippen LogP contribution in [-0.4, -0.2) is 32.9 Å². The Morgan fingerprint density at radius 3 is 2.39 bits per heavy atom. The van der Waals surface area contributed by atoms with E-state index in [0.717, 1.165) is 12.3 Å². The van der Waals surface area contributed by atoms with E-state index in [0.29, 0.717) is 13.2 Å². The van der Waals surface area contributed by atoms with Crippen LogP contribution < -0.4 is 10.1 Å². The molecule has 0 heterocycles. The van der Waals surface area contributed by atoms with Crippen LogP contribution in [0.3, 0.4) is 0 Å². The van der Waals surface area contributed by atoms with Crippen LogP contribution in [0.5, 0.6) is 5.75 Å². The van der Waals surface area contributed by atoms with Crippen LogP contribution in [0.4, 0.5) is 0 Å². The second kappa shape index (κ2) is 7.39. The number of nitrogens with one attached hydrogen (secondary N) is 1. The molecule has 0 fully saturated rings. The first-order valence-electron chi connectivity index (χ1n) is 6.52. The smallest absolute Gasteiger partial charge is 0.125 e. The van der Waals surface area contributed by atoms with Crippen molar-refractivity contribution in [2.45, 2.75) is 33.7 Å². The Kier molecular flexibility index (Phi) is 6.16. The minimum Gasteiger partial charge on any atom is -0.491 e. The zero-order chi connectivity index (χ0) is 13.5. The van der Waals surface area contributed by atoms with Crippen molar-refractivity contribution in [3.63, 3.8) is 0 Å². The first-order valence-corrected chi connectivity index (χ1v) is 6.52. The second-order valence-corrected chi connectivity index (χ2v) is 4.67. The first-order chi connectivity index (χ1) is 8.60. The summed E-state index contributed by atoms with van der Waals surface area (Å²) in [5.41, 5.74) is 3.68. The maximum absolute atomic E-state index is 5.97. The van der Waals surface area contributed by atoms with E-state index < -0.39 is 0 Å². The van der Waals surface area contributed by atoms with Gasteiger partial charge >= 0.3 is 0 Å². The van der Waals surface area contributed by atoms with Crippen molar-refractivity contribution in [1.82, 2.24) is 5.32 Å². The van der Waals surface area contributed by atoms with Gasteiger partial charge in [0.1, 0.15) is 12.4 Å². The zero-order valence-electron chi connectivity index (χ0n) is 12.2. The lowest BCUT2D eigenvalue weighted by Crippen LogP contribution is -2.38. The number of likely N-dealkylation sites (N-methyl/N-ethyl adjacent to an activating group) is 1. The van der Waals surface area contributed by atoms with Gasteiger partial charge in [-0.15, -0.1) is 0 Å². The first kappa shape index (κ1) is 15.0. The molecule has 0 saturated heterocycles. The fourth-order valence-electron chi connectivity index (χ4n) is 1.99. The highest BCUT2D eigenvalue weighted by atomic mass is 16.5. The molecular formula is C15H25NO2. The van der Waals surface area contributed by atoms with E-state index in [1.807, 2.05) is 0 Å². The predicted molar refractivity (Wildman–Crippen MR) is 75.5 cm³/mol. The van der Waals surface area contributed by atoms with Gasteiger partial charge in [-0.2, -0.15) is 0 Å². The number of aryl methyl sites for hydroxylation is 2. The highest BCUT2D eigenvalue weighted by molar-refractivity contribution is 5.44. The lowest BCUT2D eigenvalue weighted by atomic mass is 10.1. The summed E-state index contributed by atoms with van der Waals surface area (Å²) in [6, 6.07) is 4.48. The molecule has 1 N–H and O–H groups in total. The van der Waals surface area contributed by atoms with Crippen LogP contribution in [0.15, 0.2) is 12.1 Å². The molecule has 0 aliphatic heterocycles. The molecule has 0 amide bonds. The Morgan fingerprint density at radius 2 is 1.78 bits per heavy atom. The second-order valence-electron chi connectivity index (χ2n) is 4.67. The van der Waals surface area contributed by atoms with Gasteiger partial charge in [0.2, 0.25) is 0 Å². The Bertz CT molecular complexity index is 371. The lowest BCUT2D eigenvalue weighted by Gasteiger charge is -2.20. The highest BCUT2D eigenvalue weighted by Crippen LogP contribution is 2.25. The number of ether oxygens (including phenoxy) is 2. The zero-order valence-corrected chi connectivity index (χ0v) is 12.2. The summed E-state index contributed by atoms with van der Waals surface area (Å²) < 4.78 is 11.2. The maximum atomic E-state index is 5.97. The van der Waals surface area contributed by atoms with Gasteiger partial charge in [-0.25, -0.2) is 0 Å². The van der Waals surface area contributed by atoms with Gasteiger partial charge in [0.25, 0.3) is 0 Å². The fraction of sp³-hybridized carbons (Fsp3) is 0.600. The summed E-state index contributed by atoms with van der Waals surface area (Å²) >= 11 is 0. The topological polar surface area (TPSA) is 30.5 Å². The molecule has 0 spiro atoms. The number of benzene rings is 1. The summed E-state index contributed by atoms with van der Waals surface area (Å²) in [6.45, 7) is 10.6. The third-order valence-corrected chi connectivity index (χ3v) is 3.16. The van der Waals surface area contributed by atoms with E-state index in [1.165, 1.54) is 16.7 Å². The van der Waals surface area contributed by atoms with Crippen molar-refractivity contribution in [2.75, 3.05) is 26.9 Å². The van der Waals surface area contributed by atoms with E-state index in [2.05, 4.69) is 45.1 Å². The summed E-state index contributed by atoms with van der Waals surface area (Å²) in [4.78, 5) is 0. The van der Waals surface area contributed by atoms with Crippen molar-refractivity contribution >= 4 is 0 Å². The van der Waals surface area contributed by atoms with E-state index in [1.54, 1.807) is 7.11 Å². The van der Waals surface area contributed by atoms with Crippen LogP contribution in [0, 0.1) is 20.8 Å². The van der Waals surface area contributed by atoms with Gasteiger partial charge < -0.3 is 14.8 Å². The number of methoxy groups -OCH3 is 1. The molecule has 0 bridgehead atoms. The molecule has 1 rings (SSSR count). The van der Waals surface area contributed by atoms with Crippen molar-refractivity contribution in [3.05, 3.63) is 28.8 Å². The van der Waals surface area contributed by atoms with E-state index in [-0.39, 0.29) is 6.04 Å². The standard InChI is InChI=1S/C15H25NO2/c1-6-16-14(9-17-5)10-18-15-12(3)8-7-11(2)13(15)4/h7-8,14,16H,6,9-10H2,1-5H3. The average molecular weight is 251 g/mol. The molecule has 1 unspecified atom stereocenters. The third kappa shape index (κ3) is 4.00. The molecule has 3 heteroatoms. The van der Waals surface area contributed by atoms with Gasteiger partial charge in [-0.1, -0.05) is 19.1 Å². The van der Waals surface area contributed by atoms with Crippen LogP contribution in [-0.2, 0) is 4.74 Å². The monoisotopic (exact) mass is 251 g/mol. The van der Waals surface area contributed by atoms with Crippen molar-refractivity contribution in [2.24, 2.45) is 0 Å². The van der Waals surface area contributed by atoms with Gasteiger partial charge in [0.15, 0.2) is 0 Å². The van der Waals surface area contributed by atoms with Crippen molar-refractivity contribution in [3.8, 4) is 5.75 Å². The molecular weight excluding hydrogens is 226 g/mol. The molecule has 102 valence electrons. The summed E-state index contributed by atoms with van der Waals surface area (Å²) in [5, 5.41) is 3.36. The van der Waals surface area contributed by atoms with Crippen LogP contribution in [0.25, 0.3) is 0 Å². The average Bonchev–Trinajstić information content (AvgIpc) is 2.34. The van der Waals surface area contributed by atoms with Crippen molar-refractivity contribution < 1.29 is 9.47 Å². The van der Waals surface area contributed by atoms with E-state index in [4.69, 9.17) is 9.47 Å². The Labute approximate surface area is 110 Å². The molecule has 0 aliphatic rings.